The molecule has 0 radical (unpaired) electrons. The van der Waals surface area contributed by atoms with Crippen molar-refractivity contribution in [3.63, 3.8) is 0 Å². The summed E-state index contributed by atoms with van der Waals surface area (Å²) in [7, 11) is -2.13. The Bertz CT molecular complexity index is 896. The molecule has 0 aliphatic heterocycles. The van der Waals surface area contributed by atoms with Crippen LogP contribution in [0.15, 0.2) is 59.5 Å². The second-order valence-corrected chi connectivity index (χ2v) is 7.80. The van der Waals surface area contributed by atoms with Gasteiger partial charge in [-0.3, -0.25) is 9.59 Å². The Kier molecular flexibility index (Phi) is 6.70. The smallest absolute Gasteiger partial charge is 0.242 e. The summed E-state index contributed by atoms with van der Waals surface area (Å²) in [6.07, 6.45) is 0.211. The molecule has 0 aliphatic carbocycles. The molecule has 2 rings (SSSR count). The quantitative estimate of drug-likeness (QED) is 0.742. The molecule has 27 heavy (non-hydrogen) atoms. The lowest BCUT2D eigenvalue weighted by Gasteiger charge is -2.25. The van der Waals surface area contributed by atoms with Crippen molar-refractivity contribution < 1.29 is 18.0 Å². The fraction of sp³-hybridized carbons (Fsp3) is 0.263. The molecule has 0 spiro atoms. The monoisotopic (exact) mass is 389 g/mol. The van der Waals surface area contributed by atoms with Gasteiger partial charge in [-0.15, -0.1) is 0 Å². The SMILES string of the molecule is CC(c1ccc(S(N)(=O)=O)cc1)N(C)C(=O)CNC(=O)Cc1ccccc1. The van der Waals surface area contributed by atoms with Gasteiger partial charge in [-0.25, -0.2) is 13.6 Å². The van der Waals surface area contributed by atoms with Gasteiger partial charge in [0.2, 0.25) is 21.8 Å². The Morgan fingerprint density at radius 3 is 2.22 bits per heavy atom. The lowest BCUT2D eigenvalue weighted by Crippen LogP contribution is -2.39. The predicted molar refractivity (Wildman–Crippen MR) is 102 cm³/mol. The molecule has 144 valence electrons. The van der Waals surface area contributed by atoms with E-state index in [4.69, 9.17) is 5.14 Å². The molecule has 0 heterocycles. The van der Waals surface area contributed by atoms with Crippen molar-refractivity contribution in [1.29, 1.82) is 0 Å². The number of likely N-dealkylation sites (N-methyl/N-ethyl adjacent to an activating group) is 1. The topological polar surface area (TPSA) is 110 Å². The summed E-state index contributed by atoms with van der Waals surface area (Å²) in [5.74, 6) is -0.479. The Morgan fingerprint density at radius 2 is 1.67 bits per heavy atom. The highest BCUT2D eigenvalue weighted by Crippen LogP contribution is 2.20. The summed E-state index contributed by atoms with van der Waals surface area (Å²) in [4.78, 5) is 25.8. The number of sulfonamides is 1. The number of nitrogens with one attached hydrogen (secondary N) is 1. The maximum atomic E-state index is 12.3. The number of benzene rings is 2. The number of carbonyl (C=O) groups excluding carboxylic acids is 2. The fourth-order valence-electron chi connectivity index (χ4n) is 2.52. The first-order valence-electron chi connectivity index (χ1n) is 8.37. The Morgan fingerprint density at radius 1 is 1.07 bits per heavy atom. The molecule has 2 aromatic carbocycles. The van der Waals surface area contributed by atoms with Crippen molar-refractivity contribution in [1.82, 2.24) is 10.2 Å². The van der Waals surface area contributed by atoms with Crippen LogP contribution in [-0.4, -0.2) is 38.7 Å². The van der Waals surface area contributed by atoms with E-state index in [1.807, 2.05) is 37.3 Å². The normalized spacial score (nSPS) is 12.3. The molecule has 1 atom stereocenters. The first-order chi connectivity index (χ1) is 12.7. The van der Waals surface area contributed by atoms with Crippen LogP contribution in [0.5, 0.6) is 0 Å². The number of primary sulfonamides is 1. The van der Waals surface area contributed by atoms with Gasteiger partial charge in [-0.05, 0) is 30.2 Å². The van der Waals surface area contributed by atoms with Crippen molar-refractivity contribution in [2.75, 3.05) is 13.6 Å². The summed E-state index contributed by atoms with van der Waals surface area (Å²) in [6.45, 7) is 1.71. The van der Waals surface area contributed by atoms with Gasteiger partial charge in [-0.2, -0.15) is 0 Å². The molecular formula is C19H23N3O4S. The standard InChI is InChI=1S/C19H23N3O4S/c1-14(16-8-10-17(11-9-16)27(20,25)26)22(2)19(24)13-21-18(23)12-15-6-4-3-5-7-15/h3-11,14H,12-13H2,1-2H3,(H,21,23)(H2,20,25,26). The van der Waals surface area contributed by atoms with E-state index in [9.17, 15) is 18.0 Å². The maximum absolute atomic E-state index is 12.3. The third-order valence-corrected chi connectivity index (χ3v) is 5.24. The number of rotatable bonds is 7. The molecule has 0 saturated carbocycles. The number of nitrogens with two attached hydrogens (primary N) is 1. The van der Waals surface area contributed by atoms with Gasteiger partial charge in [-0.1, -0.05) is 42.5 Å². The van der Waals surface area contributed by atoms with Gasteiger partial charge < -0.3 is 10.2 Å². The molecule has 0 aliphatic rings. The minimum Gasteiger partial charge on any atom is -0.347 e. The minimum atomic E-state index is -3.75. The molecule has 3 N–H and O–H groups in total. The molecule has 8 heteroatoms. The van der Waals surface area contributed by atoms with Crippen molar-refractivity contribution in [3.05, 3.63) is 65.7 Å². The molecule has 1 unspecified atom stereocenters. The van der Waals surface area contributed by atoms with E-state index < -0.39 is 10.0 Å². The lowest BCUT2D eigenvalue weighted by molar-refractivity contribution is -0.133. The fourth-order valence-corrected chi connectivity index (χ4v) is 3.03. The molecule has 0 saturated heterocycles. The lowest BCUT2D eigenvalue weighted by atomic mass is 10.1. The molecule has 2 aromatic rings. The van der Waals surface area contributed by atoms with Gasteiger partial charge >= 0.3 is 0 Å². The summed E-state index contributed by atoms with van der Waals surface area (Å²) >= 11 is 0. The summed E-state index contributed by atoms with van der Waals surface area (Å²) in [5, 5.41) is 7.70. The average Bonchev–Trinajstić information content (AvgIpc) is 2.65. The van der Waals surface area contributed by atoms with Crippen LogP contribution in [0.25, 0.3) is 0 Å². The molecule has 0 aromatic heterocycles. The van der Waals surface area contributed by atoms with Crippen molar-refractivity contribution in [3.8, 4) is 0 Å². The van der Waals surface area contributed by atoms with Crippen LogP contribution in [-0.2, 0) is 26.0 Å². The van der Waals surface area contributed by atoms with Gasteiger partial charge in [0.25, 0.3) is 0 Å². The summed E-state index contributed by atoms with van der Waals surface area (Å²) in [6, 6.07) is 15.0. The van der Waals surface area contributed by atoms with Crippen LogP contribution < -0.4 is 10.5 Å². The van der Waals surface area contributed by atoms with E-state index in [2.05, 4.69) is 5.32 Å². The highest BCUT2D eigenvalue weighted by molar-refractivity contribution is 7.89. The zero-order chi connectivity index (χ0) is 20.0. The van der Waals surface area contributed by atoms with E-state index >= 15 is 0 Å². The first kappa shape index (κ1) is 20.6. The molecule has 7 nitrogen and oxygen atoms in total. The van der Waals surface area contributed by atoms with Crippen LogP contribution >= 0.6 is 0 Å². The van der Waals surface area contributed by atoms with Crippen molar-refractivity contribution >= 4 is 21.8 Å². The number of amides is 2. The molecular weight excluding hydrogens is 366 g/mol. The van der Waals surface area contributed by atoms with Crippen LogP contribution in [0.4, 0.5) is 0 Å². The highest BCUT2D eigenvalue weighted by Gasteiger charge is 2.18. The van der Waals surface area contributed by atoms with Crippen LogP contribution in [0.1, 0.15) is 24.1 Å². The predicted octanol–water partition coefficient (Wildman–Crippen LogP) is 1.21. The van der Waals surface area contributed by atoms with Crippen molar-refractivity contribution in [2.45, 2.75) is 24.3 Å². The second kappa shape index (κ2) is 8.79. The number of hydrogen-bond donors (Lipinski definition) is 2. The van der Waals surface area contributed by atoms with Crippen LogP contribution in [0.2, 0.25) is 0 Å². The van der Waals surface area contributed by atoms with Crippen LogP contribution in [0, 0.1) is 0 Å². The largest absolute Gasteiger partial charge is 0.347 e. The zero-order valence-electron chi connectivity index (χ0n) is 15.3. The van der Waals surface area contributed by atoms with E-state index in [0.29, 0.717) is 0 Å². The van der Waals surface area contributed by atoms with Gasteiger partial charge in [0.05, 0.1) is 23.9 Å². The molecule has 2 amide bonds. The average molecular weight is 389 g/mol. The van der Waals surface area contributed by atoms with Gasteiger partial charge in [0.1, 0.15) is 0 Å². The Labute approximate surface area is 159 Å². The molecule has 0 fully saturated rings. The third-order valence-electron chi connectivity index (χ3n) is 4.31. The number of hydrogen-bond acceptors (Lipinski definition) is 4. The van der Waals surface area contributed by atoms with E-state index in [1.165, 1.54) is 17.0 Å². The van der Waals surface area contributed by atoms with E-state index in [0.717, 1.165) is 11.1 Å². The van der Waals surface area contributed by atoms with Gasteiger partial charge in [0.15, 0.2) is 0 Å². The highest BCUT2D eigenvalue weighted by atomic mass is 32.2. The minimum absolute atomic E-state index is 0.0144. The Balaban J connectivity index is 1.91. The van der Waals surface area contributed by atoms with Crippen molar-refractivity contribution in [2.24, 2.45) is 5.14 Å². The molecule has 0 bridgehead atoms. The third kappa shape index (κ3) is 5.90. The van der Waals surface area contributed by atoms with E-state index in [-0.39, 0.29) is 35.7 Å². The second-order valence-electron chi connectivity index (χ2n) is 6.23. The maximum Gasteiger partial charge on any atom is 0.242 e. The Hall–Kier alpha value is -2.71. The first-order valence-corrected chi connectivity index (χ1v) is 9.92. The van der Waals surface area contributed by atoms with Crippen LogP contribution in [0.3, 0.4) is 0 Å². The number of nitrogens with zero attached hydrogens (tertiary/aromatic N) is 1. The summed E-state index contributed by atoms with van der Waals surface area (Å²) < 4.78 is 22.6. The zero-order valence-corrected chi connectivity index (χ0v) is 16.1. The summed E-state index contributed by atoms with van der Waals surface area (Å²) in [5.41, 5.74) is 1.63. The van der Waals surface area contributed by atoms with Gasteiger partial charge in [0, 0.05) is 7.05 Å². The number of carbonyl (C=O) groups is 2. The van der Waals surface area contributed by atoms with E-state index in [1.54, 1.807) is 19.2 Å².